The Kier molecular flexibility index (Phi) is 3.74. The summed E-state index contributed by atoms with van der Waals surface area (Å²) in [5.74, 6) is 0.988. The highest BCUT2D eigenvalue weighted by Gasteiger charge is 2.15. The zero-order valence-corrected chi connectivity index (χ0v) is 9.48. The lowest BCUT2D eigenvalue weighted by Gasteiger charge is -2.21. The van der Waals surface area contributed by atoms with Gasteiger partial charge in [-0.25, -0.2) is 0 Å². The molecular formula is C10H18N4O2. The van der Waals surface area contributed by atoms with E-state index in [1.807, 2.05) is 6.92 Å². The maximum Gasteiger partial charge on any atom is 0.315 e. The minimum atomic E-state index is -0.221. The Balaban J connectivity index is 1.79. The molecule has 1 aliphatic rings. The molecule has 0 saturated carbocycles. The van der Waals surface area contributed by atoms with Gasteiger partial charge in [0.05, 0.1) is 12.6 Å². The zero-order chi connectivity index (χ0) is 11.4. The van der Waals surface area contributed by atoms with Gasteiger partial charge >= 0.3 is 6.01 Å². The number of nitrogens with zero attached hydrogens (tertiary/aromatic N) is 2. The molecule has 90 valence electrons. The molecule has 3 N–H and O–H groups in total. The van der Waals surface area contributed by atoms with Crippen molar-refractivity contribution in [2.75, 3.05) is 25.1 Å². The van der Waals surface area contributed by atoms with Gasteiger partial charge in [0, 0.05) is 13.2 Å². The van der Waals surface area contributed by atoms with E-state index >= 15 is 0 Å². The minimum absolute atomic E-state index is 0.221. The van der Waals surface area contributed by atoms with Crippen molar-refractivity contribution in [1.82, 2.24) is 10.2 Å². The first kappa shape index (κ1) is 11.3. The van der Waals surface area contributed by atoms with Crippen LogP contribution < -0.4 is 11.1 Å². The normalized spacial score (nSPS) is 23.0. The summed E-state index contributed by atoms with van der Waals surface area (Å²) in [5.41, 5.74) is 5.62. The summed E-state index contributed by atoms with van der Waals surface area (Å²) in [6.07, 6.45) is 2.31. The van der Waals surface area contributed by atoms with E-state index in [-0.39, 0.29) is 6.04 Å². The second-order valence-corrected chi connectivity index (χ2v) is 4.20. The molecule has 2 rings (SSSR count). The smallest absolute Gasteiger partial charge is 0.315 e. The zero-order valence-electron chi connectivity index (χ0n) is 9.48. The van der Waals surface area contributed by atoms with Crippen LogP contribution in [0.15, 0.2) is 4.42 Å². The van der Waals surface area contributed by atoms with Gasteiger partial charge in [0.25, 0.3) is 0 Å². The maximum atomic E-state index is 5.62. The molecule has 6 heteroatoms. The van der Waals surface area contributed by atoms with Crippen molar-refractivity contribution in [2.45, 2.75) is 25.8 Å². The van der Waals surface area contributed by atoms with Gasteiger partial charge in [0.2, 0.25) is 5.89 Å². The fourth-order valence-electron chi connectivity index (χ4n) is 1.69. The number of nitrogens with two attached hydrogens (primary N) is 1. The van der Waals surface area contributed by atoms with Crippen LogP contribution >= 0.6 is 0 Å². The van der Waals surface area contributed by atoms with Crippen LogP contribution in [0.4, 0.5) is 6.01 Å². The lowest BCUT2D eigenvalue weighted by Crippen LogP contribution is -2.24. The number of anilines is 1. The van der Waals surface area contributed by atoms with E-state index in [9.17, 15) is 0 Å². The van der Waals surface area contributed by atoms with Gasteiger partial charge in [-0.3, -0.25) is 0 Å². The fourth-order valence-corrected chi connectivity index (χ4v) is 1.69. The van der Waals surface area contributed by atoms with Gasteiger partial charge in [-0.15, -0.1) is 5.10 Å². The quantitative estimate of drug-likeness (QED) is 0.794. The van der Waals surface area contributed by atoms with Crippen LogP contribution in [0.5, 0.6) is 0 Å². The summed E-state index contributed by atoms with van der Waals surface area (Å²) in [7, 11) is 0. The summed E-state index contributed by atoms with van der Waals surface area (Å²) < 4.78 is 10.7. The van der Waals surface area contributed by atoms with Crippen molar-refractivity contribution in [3.05, 3.63) is 5.89 Å². The van der Waals surface area contributed by atoms with E-state index < -0.39 is 0 Å². The number of hydrogen-bond acceptors (Lipinski definition) is 6. The highest BCUT2D eigenvalue weighted by atomic mass is 16.5. The first-order valence-electron chi connectivity index (χ1n) is 5.66. The summed E-state index contributed by atoms with van der Waals surface area (Å²) in [5, 5.41) is 10.8. The molecule has 1 fully saturated rings. The van der Waals surface area contributed by atoms with Gasteiger partial charge in [-0.05, 0) is 25.7 Å². The van der Waals surface area contributed by atoms with Crippen LogP contribution in [0.1, 0.15) is 31.7 Å². The number of nitrogens with one attached hydrogen (secondary N) is 1. The molecule has 2 unspecified atom stereocenters. The standard InChI is InChI=1S/C10H18N4O2/c1-7(11)9-13-14-10(16-9)12-5-8-3-2-4-15-6-8/h7-8H,2-6,11H2,1H3,(H,12,14). The Morgan fingerprint density at radius 3 is 3.06 bits per heavy atom. The van der Waals surface area contributed by atoms with Gasteiger partial charge < -0.3 is 20.2 Å². The van der Waals surface area contributed by atoms with E-state index in [0.29, 0.717) is 17.8 Å². The lowest BCUT2D eigenvalue weighted by molar-refractivity contribution is 0.0593. The van der Waals surface area contributed by atoms with Crippen LogP contribution in [-0.2, 0) is 4.74 Å². The summed E-state index contributed by atoms with van der Waals surface area (Å²) in [6.45, 7) is 4.31. The van der Waals surface area contributed by atoms with E-state index in [4.69, 9.17) is 14.9 Å². The maximum absolute atomic E-state index is 5.62. The molecule has 2 heterocycles. The summed E-state index contributed by atoms with van der Waals surface area (Å²) in [6, 6.07) is 0.221. The fraction of sp³-hybridized carbons (Fsp3) is 0.800. The minimum Gasteiger partial charge on any atom is -0.406 e. The van der Waals surface area contributed by atoms with Crippen LogP contribution in [-0.4, -0.2) is 30.0 Å². The molecule has 0 spiro atoms. The first-order valence-corrected chi connectivity index (χ1v) is 5.66. The number of ether oxygens (including phenoxy) is 1. The third-order valence-electron chi connectivity index (χ3n) is 2.63. The van der Waals surface area contributed by atoms with E-state index in [1.54, 1.807) is 0 Å². The van der Waals surface area contributed by atoms with Crippen LogP contribution in [0.25, 0.3) is 0 Å². The van der Waals surface area contributed by atoms with E-state index in [1.165, 1.54) is 6.42 Å². The second kappa shape index (κ2) is 5.27. The third-order valence-corrected chi connectivity index (χ3v) is 2.63. The van der Waals surface area contributed by atoms with Gasteiger partial charge in [0.15, 0.2) is 0 Å². The highest BCUT2D eigenvalue weighted by Crippen LogP contribution is 2.15. The summed E-state index contributed by atoms with van der Waals surface area (Å²) in [4.78, 5) is 0. The summed E-state index contributed by atoms with van der Waals surface area (Å²) >= 11 is 0. The molecule has 0 amide bonds. The van der Waals surface area contributed by atoms with Crippen molar-refractivity contribution < 1.29 is 9.15 Å². The molecule has 0 bridgehead atoms. The van der Waals surface area contributed by atoms with Crippen LogP contribution in [0.2, 0.25) is 0 Å². The Hall–Kier alpha value is -1.14. The van der Waals surface area contributed by atoms with E-state index in [0.717, 1.165) is 26.2 Å². The molecule has 1 aliphatic heterocycles. The van der Waals surface area contributed by atoms with Crippen molar-refractivity contribution in [2.24, 2.45) is 11.7 Å². The molecule has 1 saturated heterocycles. The molecule has 6 nitrogen and oxygen atoms in total. The average Bonchev–Trinajstić information content (AvgIpc) is 2.76. The van der Waals surface area contributed by atoms with Crippen molar-refractivity contribution in [1.29, 1.82) is 0 Å². The average molecular weight is 226 g/mol. The highest BCUT2D eigenvalue weighted by molar-refractivity contribution is 5.17. The number of rotatable bonds is 4. The van der Waals surface area contributed by atoms with Crippen LogP contribution in [0, 0.1) is 5.92 Å². The molecular weight excluding hydrogens is 208 g/mol. The molecule has 0 radical (unpaired) electrons. The van der Waals surface area contributed by atoms with Gasteiger partial charge in [-0.2, -0.15) is 0 Å². The first-order chi connectivity index (χ1) is 7.75. The number of aromatic nitrogens is 2. The van der Waals surface area contributed by atoms with Gasteiger partial charge in [0.1, 0.15) is 0 Å². The predicted octanol–water partition coefficient (Wildman–Crippen LogP) is 0.928. The second-order valence-electron chi connectivity index (χ2n) is 4.20. The molecule has 2 atom stereocenters. The molecule has 0 aliphatic carbocycles. The molecule has 1 aromatic heterocycles. The van der Waals surface area contributed by atoms with Crippen molar-refractivity contribution in [3.63, 3.8) is 0 Å². The Morgan fingerprint density at radius 2 is 2.44 bits per heavy atom. The molecule has 16 heavy (non-hydrogen) atoms. The van der Waals surface area contributed by atoms with Gasteiger partial charge in [-0.1, -0.05) is 5.10 Å². The Labute approximate surface area is 94.6 Å². The third kappa shape index (κ3) is 2.93. The Bertz CT molecular complexity index is 320. The van der Waals surface area contributed by atoms with Crippen molar-refractivity contribution >= 4 is 6.01 Å². The largest absolute Gasteiger partial charge is 0.406 e. The Morgan fingerprint density at radius 1 is 1.56 bits per heavy atom. The SMILES string of the molecule is CC(N)c1nnc(NCC2CCCOC2)o1. The molecule has 0 aromatic carbocycles. The van der Waals surface area contributed by atoms with E-state index in [2.05, 4.69) is 15.5 Å². The molecule has 1 aromatic rings. The lowest BCUT2D eigenvalue weighted by atomic mass is 10.0. The monoisotopic (exact) mass is 226 g/mol. The predicted molar refractivity (Wildman–Crippen MR) is 58.9 cm³/mol. The van der Waals surface area contributed by atoms with Crippen molar-refractivity contribution in [3.8, 4) is 0 Å². The van der Waals surface area contributed by atoms with Crippen LogP contribution in [0.3, 0.4) is 0 Å². The topological polar surface area (TPSA) is 86.2 Å². The number of hydrogen-bond donors (Lipinski definition) is 2.